The van der Waals surface area contributed by atoms with Gasteiger partial charge in [-0.05, 0) is 12.1 Å². The van der Waals surface area contributed by atoms with E-state index < -0.39 is 11.7 Å². The fourth-order valence-electron chi connectivity index (χ4n) is 1.22. The van der Waals surface area contributed by atoms with Crippen molar-refractivity contribution in [2.24, 2.45) is 0 Å². The Labute approximate surface area is 107 Å². The average Bonchev–Trinajstić information content (AvgIpc) is 2.28. The van der Waals surface area contributed by atoms with E-state index in [0.717, 1.165) is 11.4 Å². The first-order chi connectivity index (χ1) is 8.16. The van der Waals surface area contributed by atoms with Gasteiger partial charge >= 0.3 is 0 Å². The van der Waals surface area contributed by atoms with Gasteiger partial charge in [-0.3, -0.25) is 4.79 Å². The van der Waals surface area contributed by atoms with Crippen LogP contribution in [0.3, 0.4) is 0 Å². The van der Waals surface area contributed by atoms with Crippen molar-refractivity contribution in [2.75, 3.05) is 25.1 Å². The minimum Gasteiger partial charge on any atom is -0.507 e. The highest BCUT2D eigenvalue weighted by molar-refractivity contribution is 9.09. The average molecular weight is 306 g/mol. The van der Waals surface area contributed by atoms with Crippen LogP contribution in [-0.4, -0.2) is 36.1 Å². The molecule has 0 aliphatic rings. The van der Waals surface area contributed by atoms with Crippen LogP contribution in [0, 0.1) is 5.82 Å². The third kappa shape index (κ3) is 4.32. The summed E-state index contributed by atoms with van der Waals surface area (Å²) in [6, 6.07) is 3.72. The standard InChI is InChI=1S/C11H13BrFNO3/c12-4-6-17-7-5-14-11(16)10-8(13)2-1-3-9(10)15/h1-3,15H,4-7H2,(H,14,16). The van der Waals surface area contributed by atoms with Gasteiger partial charge in [0.15, 0.2) is 0 Å². The monoisotopic (exact) mass is 305 g/mol. The molecule has 0 aliphatic heterocycles. The molecule has 0 fully saturated rings. The highest BCUT2D eigenvalue weighted by atomic mass is 79.9. The second kappa shape index (κ2) is 7.24. The van der Waals surface area contributed by atoms with Gasteiger partial charge in [0.2, 0.25) is 0 Å². The zero-order valence-electron chi connectivity index (χ0n) is 9.08. The van der Waals surface area contributed by atoms with E-state index in [9.17, 15) is 14.3 Å². The van der Waals surface area contributed by atoms with E-state index >= 15 is 0 Å². The zero-order chi connectivity index (χ0) is 12.7. The minimum absolute atomic E-state index is 0.263. The molecule has 0 saturated carbocycles. The lowest BCUT2D eigenvalue weighted by atomic mass is 10.2. The molecule has 0 radical (unpaired) electrons. The van der Waals surface area contributed by atoms with Gasteiger partial charge in [0, 0.05) is 11.9 Å². The third-order valence-corrected chi connectivity index (χ3v) is 2.30. The number of ether oxygens (including phenoxy) is 1. The molecule has 0 aromatic heterocycles. The number of phenols is 1. The first-order valence-electron chi connectivity index (χ1n) is 5.06. The van der Waals surface area contributed by atoms with Crippen LogP contribution in [0.5, 0.6) is 5.75 Å². The molecular formula is C11H13BrFNO3. The third-order valence-electron chi connectivity index (χ3n) is 1.97. The van der Waals surface area contributed by atoms with E-state index in [1.54, 1.807) is 0 Å². The van der Waals surface area contributed by atoms with Crippen molar-refractivity contribution in [1.29, 1.82) is 0 Å². The number of carbonyl (C=O) groups excluding carboxylic acids is 1. The Morgan fingerprint density at radius 2 is 2.24 bits per heavy atom. The maximum atomic E-state index is 13.3. The van der Waals surface area contributed by atoms with Crippen LogP contribution in [0.25, 0.3) is 0 Å². The summed E-state index contributed by atoms with van der Waals surface area (Å²) in [5.41, 5.74) is -0.340. The van der Waals surface area contributed by atoms with Crippen LogP contribution in [-0.2, 0) is 4.74 Å². The molecule has 2 N–H and O–H groups in total. The summed E-state index contributed by atoms with van der Waals surface area (Å²) in [6.45, 7) is 1.15. The van der Waals surface area contributed by atoms with Crippen molar-refractivity contribution in [3.8, 4) is 5.75 Å². The Hall–Kier alpha value is -1.14. The van der Waals surface area contributed by atoms with Gasteiger partial charge in [-0.1, -0.05) is 22.0 Å². The summed E-state index contributed by atoms with van der Waals surface area (Å²) in [5.74, 6) is -1.77. The van der Waals surface area contributed by atoms with Gasteiger partial charge in [0.05, 0.1) is 13.2 Å². The predicted octanol–water partition coefficient (Wildman–Crippen LogP) is 1.67. The van der Waals surface area contributed by atoms with Gasteiger partial charge in [-0.2, -0.15) is 0 Å². The first-order valence-corrected chi connectivity index (χ1v) is 6.18. The topological polar surface area (TPSA) is 58.6 Å². The number of aromatic hydroxyl groups is 1. The van der Waals surface area contributed by atoms with Crippen LogP contribution in [0.1, 0.15) is 10.4 Å². The molecule has 94 valence electrons. The maximum absolute atomic E-state index is 13.3. The lowest BCUT2D eigenvalue weighted by molar-refractivity contribution is 0.0917. The Balaban J connectivity index is 2.47. The number of halogens is 2. The molecular weight excluding hydrogens is 293 g/mol. The fourth-order valence-corrected chi connectivity index (χ4v) is 1.45. The Morgan fingerprint density at radius 1 is 1.47 bits per heavy atom. The summed E-state index contributed by atoms with van der Waals surface area (Å²) < 4.78 is 18.4. The van der Waals surface area contributed by atoms with E-state index in [0.29, 0.717) is 13.2 Å². The second-order valence-electron chi connectivity index (χ2n) is 3.19. The van der Waals surface area contributed by atoms with Gasteiger partial charge < -0.3 is 15.2 Å². The minimum atomic E-state index is -0.746. The van der Waals surface area contributed by atoms with Crippen molar-refractivity contribution in [3.05, 3.63) is 29.6 Å². The molecule has 4 nitrogen and oxygen atoms in total. The Bertz CT molecular complexity index is 367. The largest absolute Gasteiger partial charge is 0.507 e. The molecule has 0 saturated heterocycles. The van der Waals surface area contributed by atoms with Gasteiger partial charge in [-0.25, -0.2) is 4.39 Å². The van der Waals surface area contributed by atoms with Crippen LogP contribution in [0.15, 0.2) is 18.2 Å². The van der Waals surface area contributed by atoms with Gasteiger partial charge in [0.1, 0.15) is 17.1 Å². The Kier molecular flexibility index (Phi) is 5.93. The van der Waals surface area contributed by atoms with Crippen molar-refractivity contribution in [2.45, 2.75) is 0 Å². The van der Waals surface area contributed by atoms with E-state index in [1.807, 2.05) is 0 Å². The van der Waals surface area contributed by atoms with Crippen LogP contribution in [0.2, 0.25) is 0 Å². The molecule has 0 atom stereocenters. The van der Waals surface area contributed by atoms with E-state index in [-0.39, 0.29) is 17.9 Å². The SMILES string of the molecule is O=C(NCCOCCBr)c1c(O)cccc1F. The number of amides is 1. The summed E-state index contributed by atoms with van der Waals surface area (Å²) >= 11 is 3.19. The Morgan fingerprint density at radius 3 is 2.88 bits per heavy atom. The molecule has 6 heteroatoms. The lowest BCUT2D eigenvalue weighted by Gasteiger charge is -2.07. The molecule has 0 heterocycles. The summed E-state index contributed by atoms with van der Waals surface area (Å²) in [5, 5.41) is 12.5. The van der Waals surface area contributed by atoms with Crippen molar-refractivity contribution >= 4 is 21.8 Å². The zero-order valence-corrected chi connectivity index (χ0v) is 10.7. The van der Waals surface area contributed by atoms with Gasteiger partial charge in [0.25, 0.3) is 5.91 Å². The first kappa shape index (κ1) is 13.9. The van der Waals surface area contributed by atoms with Crippen LogP contribution >= 0.6 is 15.9 Å². The number of carbonyl (C=O) groups is 1. The molecule has 17 heavy (non-hydrogen) atoms. The predicted molar refractivity (Wildman–Crippen MR) is 65.0 cm³/mol. The molecule has 0 spiro atoms. The molecule has 1 amide bonds. The highest BCUT2D eigenvalue weighted by Crippen LogP contribution is 2.19. The van der Waals surface area contributed by atoms with Crippen LogP contribution in [0.4, 0.5) is 4.39 Å². The fraction of sp³-hybridized carbons (Fsp3) is 0.364. The quantitative estimate of drug-likeness (QED) is 0.621. The van der Waals surface area contributed by atoms with Crippen LogP contribution < -0.4 is 5.32 Å². The normalized spacial score (nSPS) is 10.2. The number of hydrogen-bond acceptors (Lipinski definition) is 3. The number of hydrogen-bond donors (Lipinski definition) is 2. The summed E-state index contributed by atoms with van der Waals surface area (Å²) in [7, 11) is 0. The lowest BCUT2D eigenvalue weighted by Crippen LogP contribution is -2.28. The smallest absolute Gasteiger partial charge is 0.258 e. The molecule has 1 rings (SSSR count). The maximum Gasteiger partial charge on any atom is 0.258 e. The van der Waals surface area contributed by atoms with E-state index in [4.69, 9.17) is 4.74 Å². The van der Waals surface area contributed by atoms with E-state index in [2.05, 4.69) is 21.2 Å². The van der Waals surface area contributed by atoms with Crippen molar-refractivity contribution in [1.82, 2.24) is 5.32 Å². The number of phenolic OH excluding ortho intramolecular Hbond substituents is 1. The summed E-state index contributed by atoms with van der Waals surface area (Å²) in [6.07, 6.45) is 0. The number of nitrogens with one attached hydrogen (secondary N) is 1. The molecule has 0 bridgehead atoms. The van der Waals surface area contributed by atoms with E-state index in [1.165, 1.54) is 12.1 Å². The molecule has 1 aromatic rings. The second-order valence-corrected chi connectivity index (χ2v) is 3.98. The molecule has 1 aromatic carbocycles. The highest BCUT2D eigenvalue weighted by Gasteiger charge is 2.15. The molecule has 0 unspecified atom stereocenters. The summed E-state index contributed by atoms with van der Waals surface area (Å²) in [4.78, 5) is 11.5. The van der Waals surface area contributed by atoms with Crippen molar-refractivity contribution in [3.63, 3.8) is 0 Å². The van der Waals surface area contributed by atoms with Gasteiger partial charge in [-0.15, -0.1) is 0 Å². The molecule has 0 aliphatic carbocycles. The number of rotatable bonds is 6. The van der Waals surface area contributed by atoms with Crippen molar-refractivity contribution < 1.29 is 19.0 Å². The number of benzene rings is 1. The number of alkyl halides is 1.